The molecule has 0 aromatic heterocycles. The number of likely N-dealkylation sites (tertiary alicyclic amines) is 1. The molecule has 3 unspecified atom stereocenters. The molecular weight excluding hydrogens is 316 g/mol. The number of nitrogens with two attached hydrogens (primary N) is 1. The molecule has 1 aliphatic rings. The van der Waals surface area contributed by atoms with Crippen molar-refractivity contribution in [2.75, 3.05) is 20.1 Å². The van der Waals surface area contributed by atoms with E-state index in [4.69, 9.17) is 5.73 Å². The molecule has 138 valence electrons. The lowest BCUT2D eigenvalue weighted by Crippen LogP contribution is -2.58. The van der Waals surface area contributed by atoms with Crippen molar-refractivity contribution in [3.8, 4) is 0 Å². The number of urea groups is 1. The van der Waals surface area contributed by atoms with E-state index in [1.807, 2.05) is 13.1 Å². The van der Waals surface area contributed by atoms with Gasteiger partial charge in [0.1, 0.15) is 6.04 Å². The monoisotopic (exact) mass is 346 g/mol. The van der Waals surface area contributed by atoms with Crippen LogP contribution in [0.3, 0.4) is 0 Å². The van der Waals surface area contributed by atoms with Crippen molar-refractivity contribution < 1.29 is 9.59 Å². The number of nitrogens with zero attached hydrogens (tertiary/aromatic N) is 2. The number of rotatable bonds is 5. The SMILES string of the molecule is CC(NC(N)=O)C(=O)N(C)C1C(C)CN(Cc2ccccc2)CC1C. The number of hydrogen-bond donors (Lipinski definition) is 2. The van der Waals surface area contributed by atoms with E-state index in [1.165, 1.54) is 5.56 Å². The van der Waals surface area contributed by atoms with Crippen LogP contribution in [0.2, 0.25) is 0 Å². The summed E-state index contributed by atoms with van der Waals surface area (Å²) in [6, 6.07) is 9.32. The van der Waals surface area contributed by atoms with Gasteiger partial charge in [0.05, 0.1) is 0 Å². The van der Waals surface area contributed by atoms with Crippen molar-refractivity contribution in [1.82, 2.24) is 15.1 Å². The average molecular weight is 346 g/mol. The highest BCUT2D eigenvalue weighted by Gasteiger charge is 2.37. The summed E-state index contributed by atoms with van der Waals surface area (Å²) in [5, 5.41) is 2.47. The summed E-state index contributed by atoms with van der Waals surface area (Å²) in [5.74, 6) is 0.600. The lowest BCUT2D eigenvalue weighted by Gasteiger charge is -2.46. The minimum atomic E-state index is -0.673. The molecule has 1 aliphatic heterocycles. The Bertz CT molecular complexity index is 580. The van der Waals surface area contributed by atoms with Gasteiger partial charge in [-0.3, -0.25) is 9.69 Å². The Kier molecular flexibility index (Phi) is 6.42. The molecule has 0 saturated carbocycles. The number of primary amides is 1. The Hall–Kier alpha value is -2.08. The van der Waals surface area contributed by atoms with E-state index in [2.05, 4.69) is 48.3 Å². The molecule has 1 aromatic carbocycles. The molecule has 1 aromatic rings. The molecule has 6 heteroatoms. The van der Waals surface area contributed by atoms with Crippen LogP contribution in [-0.4, -0.2) is 54.0 Å². The number of likely N-dealkylation sites (N-methyl/N-ethyl adjacent to an activating group) is 1. The van der Waals surface area contributed by atoms with Gasteiger partial charge in [0.25, 0.3) is 0 Å². The topological polar surface area (TPSA) is 78.7 Å². The van der Waals surface area contributed by atoms with Crippen LogP contribution in [0.1, 0.15) is 26.3 Å². The smallest absolute Gasteiger partial charge is 0.312 e. The fourth-order valence-corrected chi connectivity index (χ4v) is 4.13. The highest BCUT2D eigenvalue weighted by atomic mass is 16.2. The van der Waals surface area contributed by atoms with Crippen LogP contribution in [0, 0.1) is 11.8 Å². The summed E-state index contributed by atoms with van der Waals surface area (Å²) < 4.78 is 0. The maximum absolute atomic E-state index is 12.6. The molecule has 0 spiro atoms. The number of amides is 3. The summed E-state index contributed by atoms with van der Waals surface area (Å²) in [6.07, 6.45) is 0. The molecule has 3 amide bonds. The first-order valence-electron chi connectivity index (χ1n) is 8.88. The van der Waals surface area contributed by atoms with Gasteiger partial charge >= 0.3 is 6.03 Å². The molecule has 0 radical (unpaired) electrons. The van der Waals surface area contributed by atoms with E-state index in [0.29, 0.717) is 11.8 Å². The molecule has 3 N–H and O–H groups in total. The third-order valence-electron chi connectivity index (χ3n) is 5.03. The van der Waals surface area contributed by atoms with Crippen molar-refractivity contribution in [3.63, 3.8) is 0 Å². The zero-order valence-electron chi connectivity index (χ0n) is 15.6. The normalized spacial score (nSPS) is 25.2. The third-order valence-corrected chi connectivity index (χ3v) is 5.03. The lowest BCUT2D eigenvalue weighted by molar-refractivity contribution is -0.137. The van der Waals surface area contributed by atoms with Crippen molar-refractivity contribution in [3.05, 3.63) is 35.9 Å². The van der Waals surface area contributed by atoms with Gasteiger partial charge in [-0.25, -0.2) is 4.79 Å². The van der Waals surface area contributed by atoms with Crippen LogP contribution in [0.5, 0.6) is 0 Å². The zero-order valence-corrected chi connectivity index (χ0v) is 15.6. The Labute approximate surface area is 150 Å². The molecule has 6 nitrogen and oxygen atoms in total. The molecule has 1 fully saturated rings. The van der Waals surface area contributed by atoms with Crippen LogP contribution in [0.15, 0.2) is 30.3 Å². The Morgan fingerprint density at radius 2 is 1.80 bits per heavy atom. The minimum Gasteiger partial charge on any atom is -0.352 e. The Morgan fingerprint density at radius 3 is 2.32 bits per heavy atom. The van der Waals surface area contributed by atoms with E-state index in [-0.39, 0.29) is 11.9 Å². The summed E-state index contributed by atoms with van der Waals surface area (Å²) in [5.41, 5.74) is 6.44. The maximum Gasteiger partial charge on any atom is 0.312 e. The van der Waals surface area contributed by atoms with E-state index in [9.17, 15) is 9.59 Å². The molecule has 1 saturated heterocycles. The molecule has 1 heterocycles. The van der Waals surface area contributed by atoms with Crippen LogP contribution in [0.4, 0.5) is 4.79 Å². The second-order valence-corrected chi connectivity index (χ2v) is 7.30. The van der Waals surface area contributed by atoms with Gasteiger partial charge in [-0.05, 0) is 24.3 Å². The van der Waals surface area contributed by atoms with Crippen molar-refractivity contribution in [2.45, 2.75) is 39.4 Å². The summed E-state index contributed by atoms with van der Waals surface area (Å²) in [7, 11) is 1.83. The van der Waals surface area contributed by atoms with Gasteiger partial charge in [-0.1, -0.05) is 44.2 Å². The van der Waals surface area contributed by atoms with Crippen molar-refractivity contribution >= 4 is 11.9 Å². The van der Waals surface area contributed by atoms with E-state index < -0.39 is 12.1 Å². The molecule has 25 heavy (non-hydrogen) atoms. The van der Waals surface area contributed by atoms with Gasteiger partial charge in [-0.2, -0.15) is 0 Å². The van der Waals surface area contributed by atoms with Crippen molar-refractivity contribution in [1.29, 1.82) is 0 Å². The maximum atomic E-state index is 12.6. The summed E-state index contributed by atoms with van der Waals surface area (Å²) in [4.78, 5) is 27.8. The first kappa shape index (κ1) is 19.2. The number of piperidine rings is 1. The minimum absolute atomic E-state index is 0.0981. The molecular formula is C19H30N4O2. The number of nitrogens with one attached hydrogen (secondary N) is 1. The van der Waals surface area contributed by atoms with Gasteiger partial charge in [0.2, 0.25) is 5.91 Å². The standard InChI is InChI=1S/C19H30N4O2/c1-13-10-23(12-16-8-6-5-7-9-16)11-14(2)17(13)22(4)18(24)15(3)21-19(20)25/h5-9,13-15,17H,10-12H2,1-4H3,(H3,20,21,25). The molecule has 0 bridgehead atoms. The fourth-order valence-electron chi connectivity index (χ4n) is 4.13. The summed E-state index contributed by atoms with van der Waals surface area (Å²) in [6.45, 7) is 8.86. The number of benzene rings is 1. The summed E-state index contributed by atoms with van der Waals surface area (Å²) >= 11 is 0. The third kappa shape index (κ3) is 4.95. The van der Waals surface area contributed by atoms with Crippen molar-refractivity contribution in [2.24, 2.45) is 17.6 Å². The second kappa shape index (κ2) is 8.34. The highest BCUT2D eigenvalue weighted by Crippen LogP contribution is 2.27. The number of carbonyl (C=O) groups is 2. The van der Waals surface area contributed by atoms with Gasteiger partial charge in [0, 0.05) is 32.7 Å². The van der Waals surface area contributed by atoms with Crippen LogP contribution in [0.25, 0.3) is 0 Å². The van der Waals surface area contributed by atoms with Gasteiger partial charge < -0.3 is 16.0 Å². The van der Waals surface area contributed by atoms with Gasteiger partial charge in [-0.15, -0.1) is 0 Å². The second-order valence-electron chi connectivity index (χ2n) is 7.30. The fraction of sp³-hybridized carbons (Fsp3) is 0.579. The molecule has 3 atom stereocenters. The largest absolute Gasteiger partial charge is 0.352 e. The predicted octanol–water partition coefficient (Wildman–Crippen LogP) is 1.66. The highest BCUT2D eigenvalue weighted by molar-refractivity contribution is 5.86. The predicted molar refractivity (Wildman–Crippen MR) is 98.8 cm³/mol. The van der Waals surface area contributed by atoms with E-state index >= 15 is 0 Å². The zero-order chi connectivity index (χ0) is 18.6. The first-order valence-corrected chi connectivity index (χ1v) is 8.88. The Balaban J connectivity index is 1.99. The lowest BCUT2D eigenvalue weighted by atomic mass is 9.84. The average Bonchev–Trinajstić information content (AvgIpc) is 2.53. The van der Waals surface area contributed by atoms with Crippen LogP contribution >= 0.6 is 0 Å². The number of carbonyl (C=O) groups excluding carboxylic acids is 2. The molecule has 2 rings (SSSR count). The van der Waals surface area contributed by atoms with E-state index in [1.54, 1.807) is 11.8 Å². The Morgan fingerprint density at radius 1 is 1.24 bits per heavy atom. The molecule has 0 aliphatic carbocycles. The first-order chi connectivity index (χ1) is 11.8. The van der Waals surface area contributed by atoms with Crippen LogP contribution < -0.4 is 11.1 Å². The quantitative estimate of drug-likeness (QED) is 0.851. The van der Waals surface area contributed by atoms with E-state index in [0.717, 1.165) is 19.6 Å². The van der Waals surface area contributed by atoms with Crippen LogP contribution in [-0.2, 0) is 11.3 Å². The number of hydrogen-bond acceptors (Lipinski definition) is 3. The van der Waals surface area contributed by atoms with Gasteiger partial charge in [0.15, 0.2) is 0 Å².